The fourth-order valence-corrected chi connectivity index (χ4v) is 1.64. The molecule has 0 spiro atoms. The van der Waals surface area contributed by atoms with Gasteiger partial charge in [0.1, 0.15) is 0 Å². The van der Waals surface area contributed by atoms with Gasteiger partial charge in [-0.15, -0.1) is 0 Å². The lowest BCUT2D eigenvalue weighted by Gasteiger charge is -1.95. The molecule has 0 aliphatic heterocycles. The van der Waals surface area contributed by atoms with Crippen LogP contribution in [0, 0.1) is 6.92 Å². The Morgan fingerprint density at radius 3 is 2.86 bits per heavy atom. The quantitative estimate of drug-likeness (QED) is 0.794. The topological polar surface area (TPSA) is 45.8 Å². The van der Waals surface area contributed by atoms with Gasteiger partial charge in [-0.3, -0.25) is 4.79 Å². The average molecular weight is 253 g/mol. The molecule has 0 fully saturated rings. The molecule has 4 heteroatoms. The van der Waals surface area contributed by atoms with Crippen LogP contribution in [-0.4, -0.2) is 15.8 Å². The highest BCUT2D eigenvalue weighted by Gasteiger charge is 2.07. The molecule has 0 unspecified atom stereocenters. The van der Waals surface area contributed by atoms with Gasteiger partial charge in [0.05, 0.1) is 11.0 Å². The minimum Gasteiger partial charge on any atom is -0.335 e. The van der Waals surface area contributed by atoms with Crippen molar-refractivity contribution >= 4 is 32.7 Å². The SMILES string of the molecule is CC(=O)c1nc2cc(Br)c(C)cc2[nH]1. The Balaban J connectivity index is 2.72. The largest absolute Gasteiger partial charge is 0.335 e. The zero-order valence-electron chi connectivity index (χ0n) is 7.89. The van der Waals surface area contributed by atoms with Gasteiger partial charge in [-0.25, -0.2) is 4.98 Å². The van der Waals surface area contributed by atoms with E-state index >= 15 is 0 Å². The number of carbonyl (C=O) groups is 1. The smallest absolute Gasteiger partial charge is 0.195 e. The van der Waals surface area contributed by atoms with E-state index in [0.717, 1.165) is 21.1 Å². The summed E-state index contributed by atoms with van der Waals surface area (Å²) in [7, 11) is 0. The molecule has 0 aliphatic carbocycles. The summed E-state index contributed by atoms with van der Waals surface area (Å²) in [6, 6.07) is 3.88. The molecular formula is C10H9BrN2O. The van der Waals surface area contributed by atoms with E-state index in [4.69, 9.17) is 0 Å². The van der Waals surface area contributed by atoms with Crippen LogP contribution in [0.5, 0.6) is 0 Å². The normalized spacial score (nSPS) is 10.8. The van der Waals surface area contributed by atoms with Crippen LogP contribution < -0.4 is 0 Å². The second-order valence-corrected chi connectivity index (χ2v) is 4.11. The van der Waals surface area contributed by atoms with Crippen molar-refractivity contribution in [3.8, 4) is 0 Å². The van der Waals surface area contributed by atoms with E-state index in [9.17, 15) is 4.79 Å². The maximum atomic E-state index is 11.1. The molecule has 0 saturated heterocycles. The number of aromatic nitrogens is 2. The van der Waals surface area contributed by atoms with Gasteiger partial charge in [0.2, 0.25) is 0 Å². The van der Waals surface area contributed by atoms with E-state index in [0.29, 0.717) is 5.82 Å². The third-order valence-corrected chi connectivity index (χ3v) is 2.95. The number of H-pyrrole nitrogens is 1. The summed E-state index contributed by atoms with van der Waals surface area (Å²) in [4.78, 5) is 18.2. The van der Waals surface area contributed by atoms with E-state index in [1.165, 1.54) is 6.92 Å². The van der Waals surface area contributed by atoms with Crippen molar-refractivity contribution in [1.82, 2.24) is 9.97 Å². The number of nitrogens with zero attached hydrogens (tertiary/aromatic N) is 1. The van der Waals surface area contributed by atoms with Gasteiger partial charge < -0.3 is 4.98 Å². The summed E-state index contributed by atoms with van der Waals surface area (Å²) in [5, 5.41) is 0. The van der Waals surface area contributed by atoms with Crippen LogP contribution in [0.15, 0.2) is 16.6 Å². The van der Waals surface area contributed by atoms with E-state index in [1.54, 1.807) is 0 Å². The second kappa shape index (κ2) is 3.20. The number of halogens is 1. The third kappa shape index (κ3) is 1.46. The molecule has 0 atom stereocenters. The summed E-state index contributed by atoms with van der Waals surface area (Å²) in [6.45, 7) is 3.50. The number of carbonyl (C=O) groups excluding carboxylic acids is 1. The Morgan fingerprint density at radius 2 is 2.21 bits per heavy atom. The minimum atomic E-state index is -0.0463. The molecule has 14 heavy (non-hydrogen) atoms. The number of Topliss-reactive ketones (excluding diaryl/α,β-unsaturated/α-hetero) is 1. The molecule has 0 aliphatic rings. The molecule has 1 N–H and O–H groups in total. The third-order valence-electron chi connectivity index (χ3n) is 2.10. The van der Waals surface area contributed by atoms with Crippen LogP contribution in [0.25, 0.3) is 11.0 Å². The molecule has 1 aromatic carbocycles. The average Bonchev–Trinajstić information content (AvgIpc) is 2.48. The first kappa shape index (κ1) is 9.40. The number of fused-ring (bicyclic) bond motifs is 1. The highest BCUT2D eigenvalue weighted by atomic mass is 79.9. The molecule has 2 aromatic rings. The van der Waals surface area contributed by atoms with Crippen LogP contribution >= 0.6 is 15.9 Å². The van der Waals surface area contributed by atoms with Gasteiger partial charge in [0.25, 0.3) is 0 Å². The van der Waals surface area contributed by atoms with Crippen LogP contribution in [0.1, 0.15) is 23.1 Å². The lowest BCUT2D eigenvalue weighted by Crippen LogP contribution is -1.93. The number of rotatable bonds is 1. The van der Waals surface area contributed by atoms with E-state index in [-0.39, 0.29) is 5.78 Å². The molecule has 2 rings (SSSR count). The maximum Gasteiger partial charge on any atom is 0.195 e. The fraction of sp³-hybridized carbons (Fsp3) is 0.200. The van der Waals surface area contributed by atoms with Crippen molar-refractivity contribution in [2.75, 3.05) is 0 Å². The first-order chi connectivity index (χ1) is 6.58. The van der Waals surface area contributed by atoms with Crippen LogP contribution in [0.4, 0.5) is 0 Å². The van der Waals surface area contributed by atoms with Gasteiger partial charge in [0.15, 0.2) is 11.6 Å². The summed E-state index contributed by atoms with van der Waals surface area (Å²) >= 11 is 3.42. The van der Waals surface area contributed by atoms with Gasteiger partial charge in [-0.1, -0.05) is 15.9 Å². The Morgan fingerprint density at radius 1 is 1.50 bits per heavy atom. The minimum absolute atomic E-state index is 0.0463. The molecule has 1 aromatic heterocycles. The zero-order chi connectivity index (χ0) is 10.3. The Bertz CT molecular complexity index is 477. The predicted molar refractivity (Wildman–Crippen MR) is 58.5 cm³/mol. The van der Waals surface area contributed by atoms with E-state index in [1.807, 2.05) is 19.1 Å². The standard InChI is InChI=1S/C10H9BrN2O/c1-5-3-8-9(4-7(5)11)13-10(12-8)6(2)14/h3-4H,1-2H3,(H,12,13). The number of aryl methyl sites for hydroxylation is 1. The first-order valence-electron chi connectivity index (χ1n) is 4.25. The van der Waals surface area contributed by atoms with E-state index < -0.39 is 0 Å². The molecular weight excluding hydrogens is 244 g/mol. The molecule has 72 valence electrons. The van der Waals surface area contributed by atoms with Gasteiger partial charge in [0, 0.05) is 11.4 Å². The highest BCUT2D eigenvalue weighted by Crippen LogP contribution is 2.22. The lowest BCUT2D eigenvalue weighted by molar-refractivity contribution is 0.100. The monoisotopic (exact) mass is 252 g/mol. The van der Waals surface area contributed by atoms with E-state index in [2.05, 4.69) is 25.9 Å². The molecule has 3 nitrogen and oxygen atoms in total. The number of benzene rings is 1. The maximum absolute atomic E-state index is 11.1. The zero-order valence-corrected chi connectivity index (χ0v) is 9.47. The molecule has 0 amide bonds. The van der Waals surface area contributed by atoms with Crippen LogP contribution in [-0.2, 0) is 0 Å². The van der Waals surface area contributed by atoms with Crippen molar-refractivity contribution in [1.29, 1.82) is 0 Å². The number of hydrogen-bond donors (Lipinski definition) is 1. The van der Waals surface area contributed by atoms with Gasteiger partial charge >= 0.3 is 0 Å². The Labute approximate surface area is 89.7 Å². The first-order valence-corrected chi connectivity index (χ1v) is 5.04. The number of imidazole rings is 1. The van der Waals surface area contributed by atoms with Crippen LogP contribution in [0.2, 0.25) is 0 Å². The predicted octanol–water partition coefficient (Wildman–Crippen LogP) is 2.84. The van der Waals surface area contributed by atoms with Crippen molar-refractivity contribution in [2.45, 2.75) is 13.8 Å². The summed E-state index contributed by atoms with van der Waals surface area (Å²) < 4.78 is 1.01. The molecule has 0 radical (unpaired) electrons. The fourth-order valence-electron chi connectivity index (χ4n) is 1.31. The molecule has 0 bridgehead atoms. The summed E-state index contributed by atoms with van der Waals surface area (Å²) in [5.74, 6) is 0.368. The number of hydrogen-bond acceptors (Lipinski definition) is 2. The summed E-state index contributed by atoms with van der Waals surface area (Å²) in [6.07, 6.45) is 0. The second-order valence-electron chi connectivity index (χ2n) is 3.26. The van der Waals surface area contributed by atoms with Crippen molar-refractivity contribution in [3.05, 3.63) is 28.0 Å². The number of ketones is 1. The van der Waals surface area contributed by atoms with Gasteiger partial charge in [-0.05, 0) is 24.6 Å². The van der Waals surface area contributed by atoms with Gasteiger partial charge in [-0.2, -0.15) is 0 Å². The summed E-state index contributed by atoms with van der Waals surface area (Å²) in [5.41, 5.74) is 2.83. The van der Waals surface area contributed by atoms with Crippen molar-refractivity contribution < 1.29 is 4.79 Å². The highest BCUT2D eigenvalue weighted by molar-refractivity contribution is 9.10. The molecule has 0 saturated carbocycles. The van der Waals surface area contributed by atoms with Crippen molar-refractivity contribution in [2.24, 2.45) is 0 Å². The van der Waals surface area contributed by atoms with Crippen LogP contribution in [0.3, 0.4) is 0 Å². The lowest BCUT2D eigenvalue weighted by atomic mass is 10.2. The number of nitrogens with one attached hydrogen (secondary N) is 1. The molecule has 1 heterocycles. The Hall–Kier alpha value is -1.16. The van der Waals surface area contributed by atoms with Crippen molar-refractivity contribution in [3.63, 3.8) is 0 Å². The number of aromatic amines is 1. The Kier molecular flexibility index (Phi) is 2.15.